The molecular weight excluding hydrogens is 272 g/mol. The van der Waals surface area contributed by atoms with Crippen LogP contribution in [0.15, 0.2) is 35.1 Å². The number of carboxylic acids is 1. The summed E-state index contributed by atoms with van der Waals surface area (Å²) < 4.78 is 5.03. The summed E-state index contributed by atoms with van der Waals surface area (Å²) in [6.07, 6.45) is 0. The van der Waals surface area contributed by atoms with Crippen molar-refractivity contribution in [1.82, 2.24) is 4.98 Å². The highest BCUT2D eigenvalue weighted by molar-refractivity contribution is 5.71. The molecule has 0 fully saturated rings. The highest BCUT2D eigenvalue weighted by Gasteiger charge is 2.10. The van der Waals surface area contributed by atoms with Crippen molar-refractivity contribution in [3.8, 4) is 22.9 Å². The van der Waals surface area contributed by atoms with Crippen LogP contribution in [0.3, 0.4) is 0 Å². The Hall–Kier alpha value is -3.07. The van der Waals surface area contributed by atoms with Crippen LogP contribution in [0, 0.1) is 18.3 Å². The second-order valence-electron chi connectivity index (χ2n) is 4.39. The molecule has 0 atom stereocenters. The lowest BCUT2D eigenvalue weighted by atomic mass is 10.0. The second kappa shape index (κ2) is 5.92. The minimum Gasteiger partial charge on any atom is -0.482 e. The van der Waals surface area contributed by atoms with Crippen molar-refractivity contribution in [1.29, 1.82) is 5.26 Å². The fourth-order valence-corrected chi connectivity index (χ4v) is 1.90. The number of H-pyrrole nitrogens is 1. The lowest BCUT2D eigenvalue weighted by Crippen LogP contribution is -2.12. The van der Waals surface area contributed by atoms with Crippen molar-refractivity contribution in [3.63, 3.8) is 0 Å². The average Bonchev–Trinajstić information content (AvgIpc) is 2.45. The summed E-state index contributed by atoms with van der Waals surface area (Å²) in [6, 6.07) is 10.1. The standard InChI is InChI=1S/C15H12N2O4/c1-9-6-12(13(7-16)15(20)17-9)10-2-4-11(5-3-10)21-8-14(18)19/h2-6H,8H2,1H3,(H,17,20)(H,18,19). The summed E-state index contributed by atoms with van der Waals surface area (Å²) in [7, 11) is 0. The predicted octanol–water partition coefficient (Wildman–Crippen LogP) is 1.69. The molecule has 0 aliphatic carbocycles. The zero-order valence-electron chi connectivity index (χ0n) is 11.2. The van der Waals surface area contributed by atoms with Gasteiger partial charge in [0.2, 0.25) is 0 Å². The van der Waals surface area contributed by atoms with Crippen molar-refractivity contribution in [2.75, 3.05) is 6.61 Å². The molecule has 0 spiro atoms. The van der Waals surface area contributed by atoms with E-state index in [2.05, 4.69) is 4.98 Å². The number of carboxylic acid groups (broad SMARTS) is 1. The van der Waals surface area contributed by atoms with Crippen LogP contribution in [0.25, 0.3) is 11.1 Å². The van der Waals surface area contributed by atoms with Crippen LogP contribution >= 0.6 is 0 Å². The first-order chi connectivity index (χ1) is 10.0. The number of hydrogen-bond donors (Lipinski definition) is 2. The monoisotopic (exact) mass is 284 g/mol. The molecule has 6 heteroatoms. The van der Waals surface area contributed by atoms with Crippen LogP contribution in [0.1, 0.15) is 11.3 Å². The van der Waals surface area contributed by atoms with E-state index < -0.39 is 18.1 Å². The van der Waals surface area contributed by atoms with E-state index in [9.17, 15) is 9.59 Å². The zero-order chi connectivity index (χ0) is 15.4. The maximum atomic E-state index is 11.7. The Bertz CT molecular complexity index is 770. The number of nitrogens with one attached hydrogen (secondary N) is 1. The van der Waals surface area contributed by atoms with E-state index in [1.54, 1.807) is 37.3 Å². The van der Waals surface area contributed by atoms with E-state index in [1.807, 2.05) is 6.07 Å². The Morgan fingerprint density at radius 3 is 2.62 bits per heavy atom. The molecule has 0 bridgehead atoms. The molecule has 0 amide bonds. The van der Waals surface area contributed by atoms with Crippen LogP contribution < -0.4 is 10.3 Å². The Kier molecular flexibility index (Phi) is 4.05. The molecule has 6 nitrogen and oxygen atoms in total. The number of nitriles is 1. The molecule has 0 aliphatic rings. The summed E-state index contributed by atoms with van der Waals surface area (Å²) in [5.74, 6) is -0.655. The van der Waals surface area contributed by atoms with Gasteiger partial charge in [-0.2, -0.15) is 5.26 Å². The largest absolute Gasteiger partial charge is 0.482 e. The van der Waals surface area contributed by atoms with Crippen LogP contribution in [0.4, 0.5) is 0 Å². The minimum atomic E-state index is -1.06. The first-order valence-electron chi connectivity index (χ1n) is 6.10. The summed E-state index contributed by atoms with van der Waals surface area (Å²) in [5.41, 5.74) is 1.48. The van der Waals surface area contributed by atoms with Gasteiger partial charge in [-0.05, 0) is 30.7 Å². The molecule has 1 heterocycles. The van der Waals surface area contributed by atoms with Gasteiger partial charge < -0.3 is 14.8 Å². The third-order valence-electron chi connectivity index (χ3n) is 2.81. The molecule has 0 aliphatic heterocycles. The van der Waals surface area contributed by atoms with Gasteiger partial charge in [0.1, 0.15) is 17.4 Å². The zero-order valence-corrected chi connectivity index (χ0v) is 11.2. The topological polar surface area (TPSA) is 103 Å². The minimum absolute atomic E-state index is 0.0415. The predicted molar refractivity (Wildman–Crippen MR) is 75.1 cm³/mol. The molecular formula is C15H12N2O4. The van der Waals surface area contributed by atoms with Gasteiger partial charge in [0.15, 0.2) is 6.61 Å². The van der Waals surface area contributed by atoms with Gasteiger partial charge in [-0.25, -0.2) is 4.79 Å². The molecule has 0 radical (unpaired) electrons. The number of hydrogen-bond acceptors (Lipinski definition) is 4. The van der Waals surface area contributed by atoms with Gasteiger partial charge >= 0.3 is 5.97 Å². The Labute approximate surface area is 120 Å². The molecule has 2 aromatic rings. The third-order valence-corrected chi connectivity index (χ3v) is 2.81. The first-order valence-corrected chi connectivity index (χ1v) is 6.10. The van der Waals surface area contributed by atoms with Gasteiger partial charge in [0.25, 0.3) is 5.56 Å². The van der Waals surface area contributed by atoms with Crippen molar-refractivity contribution in [3.05, 3.63) is 51.9 Å². The lowest BCUT2D eigenvalue weighted by Gasteiger charge is -2.07. The quantitative estimate of drug-likeness (QED) is 0.889. The van der Waals surface area contributed by atoms with Gasteiger partial charge in [-0.1, -0.05) is 12.1 Å². The van der Waals surface area contributed by atoms with Gasteiger partial charge in [0, 0.05) is 11.3 Å². The molecule has 106 valence electrons. The molecule has 2 N–H and O–H groups in total. The normalized spacial score (nSPS) is 9.90. The third kappa shape index (κ3) is 3.28. The summed E-state index contributed by atoms with van der Waals surface area (Å²) in [6.45, 7) is 1.31. The Balaban J connectivity index is 2.38. The van der Waals surface area contributed by atoms with Crippen LogP contribution in [0.2, 0.25) is 0 Å². The number of pyridine rings is 1. The summed E-state index contributed by atoms with van der Waals surface area (Å²) >= 11 is 0. The van der Waals surface area contributed by atoms with Crippen molar-refractivity contribution >= 4 is 5.97 Å². The number of benzene rings is 1. The summed E-state index contributed by atoms with van der Waals surface area (Å²) in [5, 5.41) is 17.6. The first kappa shape index (κ1) is 14.3. The molecule has 1 aromatic carbocycles. The number of nitrogens with zero attached hydrogens (tertiary/aromatic N) is 1. The number of aromatic amines is 1. The van der Waals surface area contributed by atoms with Gasteiger partial charge in [-0.3, -0.25) is 4.79 Å². The van der Waals surface area contributed by atoms with E-state index in [0.717, 1.165) is 0 Å². The van der Waals surface area contributed by atoms with Crippen molar-refractivity contribution in [2.45, 2.75) is 6.92 Å². The highest BCUT2D eigenvalue weighted by Crippen LogP contribution is 2.24. The highest BCUT2D eigenvalue weighted by atomic mass is 16.5. The number of aromatic nitrogens is 1. The number of rotatable bonds is 4. The SMILES string of the molecule is Cc1cc(-c2ccc(OCC(=O)O)cc2)c(C#N)c(=O)[nH]1. The maximum absolute atomic E-state index is 11.7. The molecule has 2 rings (SSSR count). The molecule has 0 saturated heterocycles. The van der Waals surface area contributed by atoms with Crippen LogP contribution in [0.5, 0.6) is 5.75 Å². The fraction of sp³-hybridized carbons (Fsp3) is 0.133. The smallest absolute Gasteiger partial charge is 0.341 e. The number of aliphatic carboxylic acids is 1. The Morgan fingerprint density at radius 1 is 1.38 bits per heavy atom. The van der Waals surface area contributed by atoms with Crippen molar-refractivity contribution in [2.24, 2.45) is 0 Å². The van der Waals surface area contributed by atoms with Crippen LogP contribution in [-0.2, 0) is 4.79 Å². The molecule has 0 unspecified atom stereocenters. The molecule has 1 aromatic heterocycles. The second-order valence-corrected chi connectivity index (χ2v) is 4.39. The number of aryl methyl sites for hydroxylation is 1. The lowest BCUT2D eigenvalue weighted by molar-refractivity contribution is -0.139. The van der Waals surface area contributed by atoms with E-state index in [0.29, 0.717) is 22.6 Å². The molecule has 0 saturated carbocycles. The molecule has 21 heavy (non-hydrogen) atoms. The van der Waals surface area contributed by atoms with E-state index in [4.69, 9.17) is 15.1 Å². The summed E-state index contributed by atoms with van der Waals surface area (Å²) in [4.78, 5) is 24.7. The van der Waals surface area contributed by atoms with Gasteiger partial charge in [0.05, 0.1) is 0 Å². The van der Waals surface area contributed by atoms with Crippen molar-refractivity contribution < 1.29 is 14.6 Å². The van der Waals surface area contributed by atoms with E-state index >= 15 is 0 Å². The van der Waals surface area contributed by atoms with Gasteiger partial charge in [-0.15, -0.1) is 0 Å². The van der Waals surface area contributed by atoms with E-state index in [1.165, 1.54) is 0 Å². The maximum Gasteiger partial charge on any atom is 0.341 e. The van der Waals surface area contributed by atoms with Crippen LogP contribution in [-0.4, -0.2) is 22.7 Å². The average molecular weight is 284 g/mol. The van der Waals surface area contributed by atoms with E-state index in [-0.39, 0.29) is 5.56 Å². The Morgan fingerprint density at radius 2 is 2.05 bits per heavy atom. The number of carbonyl (C=O) groups is 1. The fourth-order valence-electron chi connectivity index (χ4n) is 1.90. The number of ether oxygens (including phenoxy) is 1.